The first kappa shape index (κ1) is 40.5. The summed E-state index contributed by atoms with van der Waals surface area (Å²) in [5.41, 5.74) is 3.00. The molecule has 4 heterocycles. The molecule has 65 heavy (non-hydrogen) atoms. The van der Waals surface area contributed by atoms with Crippen LogP contribution in [0.25, 0.3) is 21.5 Å². The van der Waals surface area contributed by atoms with Crippen molar-refractivity contribution in [3.05, 3.63) is 93.0 Å². The van der Waals surface area contributed by atoms with Gasteiger partial charge in [0.2, 0.25) is 0 Å². The molecule has 4 aliphatic carbocycles. The Labute approximate surface area is 376 Å². The topological polar surface area (TPSA) is 150 Å². The summed E-state index contributed by atoms with van der Waals surface area (Å²) in [7, 11) is 0. The number of rotatable bonds is 6. The van der Waals surface area contributed by atoms with Gasteiger partial charge in [0.25, 0.3) is 47.3 Å². The average Bonchev–Trinajstić information content (AvgIpc) is 3.33. The zero-order valence-electron chi connectivity index (χ0n) is 36.6. The minimum atomic E-state index is -0.365. The molecule has 4 aromatic rings. The molecule has 12 nitrogen and oxygen atoms in total. The third-order valence-electron chi connectivity index (χ3n) is 16.8. The van der Waals surface area contributed by atoms with Gasteiger partial charge in [-0.05, 0) is 144 Å². The molecule has 12 rings (SSSR count). The SMILES string of the molecule is O=C1c2ccc3c4c(ccc(c24)C(=O)N1C1CCCCC1)C(=O)N(C1CCC(CC2CCC(N4C(=O)c5ccc6c7c(ccc(c57)C4=O)C(=O)N(C4CCCCC4)C6=O)CC2)CC1)C3=O. The number of hydrogen-bond acceptors (Lipinski definition) is 8. The highest BCUT2D eigenvalue weighted by Gasteiger charge is 2.46. The molecule has 4 aromatic carbocycles. The monoisotopic (exact) mass is 872 g/mol. The molecule has 0 saturated heterocycles. The van der Waals surface area contributed by atoms with Crippen molar-refractivity contribution >= 4 is 68.8 Å². The van der Waals surface area contributed by atoms with Crippen LogP contribution in [0.3, 0.4) is 0 Å². The van der Waals surface area contributed by atoms with Crippen molar-refractivity contribution in [2.45, 2.75) is 146 Å². The van der Waals surface area contributed by atoms with E-state index in [1.165, 1.54) is 19.6 Å². The lowest BCUT2D eigenvalue weighted by atomic mass is 9.74. The summed E-state index contributed by atoms with van der Waals surface area (Å²) in [5, 5.41) is 1.70. The third-order valence-corrected chi connectivity index (χ3v) is 16.8. The second-order valence-electron chi connectivity index (χ2n) is 20.2. The predicted octanol–water partition coefficient (Wildman–Crippen LogP) is 9.25. The molecule has 4 aliphatic heterocycles. The fourth-order valence-corrected chi connectivity index (χ4v) is 13.6. The van der Waals surface area contributed by atoms with Crippen LogP contribution < -0.4 is 0 Å². The second kappa shape index (κ2) is 15.3. The van der Waals surface area contributed by atoms with Gasteiger partial charge in [0.1, 0.15) is 0 Å². The standard InChI is InChI=1S/C53H52N4O8/c58-46-34-19-23-38-44-39(24-20-35(42(34)44)47(59)54(46)30-7-3-1-4-8-30)51(63)56(50(38)62)32-15-11-28(12-16-32)27-29-13-17-33(18-14-29)57-52(64)40-25-21-36-43-37(22-26-41(45(40)43)53(57)65)49(61)55(48(36)60)31-9-5-2-6-10-31/h19-26,28-33H,1-18,27H2. The molecule has 332 valence electrons. The summed E-state index contributed by atoms with van der Waals surface area (Å²) in [4.78, 5) is 118. The van der Waals surface area contributed by atoms with Crippen LogP contribution in [0, 0.1) is 11.8 Å². The van der Waals surface area contributed by atoms with Crippen molar-refractivity contribution < 1.29 is 38.4 Å². The molecule has 0 spiro atoms. The minimum Gasteiger partial charge on any atom is -0.271 e. The Morgan fingerprint density at radius 3 is 0.692 bits per heavy atom. The fraction of sp³-hybridized carbons (Fsp3) is 0.472. The Morgan fingerprint density at radius 2 is 0.477 bits per heavy atom. The summed E-state index contributed by atoms with van der Waals surface area (Å²) in [6.45, 7) is 0. The molecule has 12 heteroatoms. The van der Waals surface area contributed by atoms with Gasteiger partial charge >= 0.3 is 0 Å². The van der Waals surface area contributed by atoms with Gasteiger partial charge in [-0.1, -0.05) is 38.5 Å². The van der Waals surface area contributed by atoms with Gasteiger partial charge in [-0.2, -0.15) is 0 Å². The van der Waals surface area contributed by atoms with Gasteiger partial charge in [-0.3, -0.25) is 58.0 Å². The summed E-state index contributed by atoms with van der Waals surface area (Å²) in [6.07, 6.45) is 16.5. The molecule has 0 bridgehead atoms. The lowest BCUT2D eigenvalue weighted by Gasteiger charge is -2.41. The maximum absolute atomic E-state index is 14.2. The number of benzene rings is 4. The van der Waals surface area contributed by atoms with E-state index in [9.17, 15) is 38.4 Å². The number of carbonyl (C=O) groups excluding carboxylic acids is 8. The fourth-order valence-electron chi connectivity index (χ4n) is 13.6. The van der Waals surface area contributed by atoms with Gasteiger partial charge < -0.3 is 0 Å². The van der Waals surface area contributed by atoms with E-state index in [1.807, 2.05) is 0 Å². The Morgan fingerprint density at radius 1 is 0.277 bits per heavy atom. The van der Waals surface area contributed by atoms with Gasteiger partial charge in [0.05, 0.1) is 0 Å². The van der Waals surface area contributed by atoms with Crippen LogP contribution in [0.4, 0.5) is 0 Å². The predicted molar refractivity (Wildman–Crippen MR) is 240 cm³/mol. The highest BCUT2D eigenvalue weighted by molar-refractivity contribution is 6.35. The van der Waals surface area contributed by atoms with E-state index in [4.69, 9.17) is 0 Å². The summed E-state index contributed by atoms with van der Waals surface area (Å²) >= 11 is 0. The van der Waals surface area contributed by atoms with Crippen molar-refractivity contribution in [1.82, 2.24) is 19.6 Å². The first-order chi connectivity index (χ1) is 31.6. The Kier molecular flexibility index (Phi) is 9.51. The van der Waals surface area contributed by atoms with E-state index in [2.05, 4.69) is 0 Å². The van der Waals surface area contributed by atoms with Crippen molar-refractivity contribution in [3.63, 3.8) is 0 Å². The summed E-state index contributed by atoms with van der Waals surface area (Å²) in [5.74, 6) is -1.97. The van der Waals surface area contributed by atoms with E-state index in [0.717, 1.165) is 96.3 Å². The van der Waals surface area contributed by atoms with Gasteiger partial charge in [0, 0.05) is 90.2 Å². The zero-order chi connectivity index (χ0) is 44.4. The number of carbonyl (C=O) groups is 8. The lowest BCUT2D eigenvalue weighted by Crippen LogP contribution is -2.50. The molecule has 0 N–H and O–H groups in total. The normalized spacial score (nSPS) is 26.3. The van der Waals surface area contributed by atoms with E-state index >= 15 is 0 Å². The van der Waals surface area contributed by atoms with Crippen LogP contribution >= 0.6 is 0 Å². The number of amides is 8. The number of imide groups is 4. The summed E-state index contributed by atoms with van der Waals surface area (Å²) < 4.78 is 0. The molecule has 0 atom stereocenters. The van der Waals surface area contributed by atoms with E-state index in [-0.39, 0.29) is 71.4 Å². The Balaban J connectivity index is 0.696. The lowest BCUT2D eigenvalue weighted by molar-refractivity contribution is 0.0447. The van der Waals surface area contributed by atoms with Crippen LogP contribution in [0.5, 0.6) is 0 Å². The first-order valence-electron chi connectivity index (χ1n) is 24.3. The largest absolute Gasteiger partial charge is 0.271 e. The first-order valence-corrected chi connectivity index (χ1v) is 24.3. The van der Waals surface area contributed by atoms with Crippen molar-refractivity contribution in [2.75, 3.05) is 0 Å². The zero-order valence-corrected chi connectivity index (χ0v) is 36.6. The molecule has 0 radical (unpaired) electrons. The maximum atomic E-state index is 14.2. The highest BCUT2D eigenvalue weighted by atomic mass is 16.2. The van der Waals surface area contributed by atoms with Crippen LogP contribution in [-0.4, -0.2) is 91.0 Å². The molecular weight excluding hydrogens is 821 g/mol. The van der Waals surface area contributed by atoms with Crippen molar-refractivity contribution in [3.8, 4) is 0 Å². The molecule has 0 unspecified atom stereocenters. The van der Waals surface area contributed by atoms with E-state index in [0.29, 0.717) is 104 Å². The van der Waals surface area contributed by atoms with E-state index in [1.54, 1.807) is 48.5 Å². The van der Waals surface area contributed by atoms with Crippen LogP contribution in [0.1, 0.15) is 205 Å². The van der Waals surface area contributed by atoms with Crippen LogP contribution in [0.15, 0.2) is 48.5 Å². The average molecular weight is 873 g/mol. The maximum Gasteiger partial charge on any atom is 0.261 e. The molecule has 8 amide bonds. The highest BCUT2D eigenvalue weighted by Crippen LogP contribution is 2.45. The molecule has 8 aliphatic rings. The molecule has 4 saturated carbocycles. The quantitative estimate of drug-likeness (QED) is 0.174. The van der Waals surface area contributed by atoms with Crippen molar-refractivity contribution in [2.24, 2.45) is 11.8 Å². The van der Waals surface area contributed by atoms with Crippen LogP contribution in [0.2, 0.25) is 0 Å². The summed E-state index contributed by atoms with van der Waals surface area (Å²) in [6, 6.07) is 12.6. The van der Waals surface area contributed by atoms with Gasteiger partial charge in [0.15, 0.2) is 0 Å². The molecule has 0 aromatic heterocycles. The number of hydrogen-bond donors (Lipinski definition) is 0. The van der Waals surface area contributed by atoms with Gasteiger partial charge in [-0.25, -0.2) is 0 Å². The van der Waals surface area contributed by atoms with Crippen molar-refractivity contribution in [1.29, 1.82) is 0 Å². The smallest absolute Gasteiger partial charge is 0.261 e. The molecular formula is C53H52N4O8. The molecule has 4 fully saturated rings. The van der Waals surface area contributed by atoms with Crippen LogP contribution in [-0.2, 0) is 0 Å². The minimum absolute atomic E-state index is 0.140. The second-order valence-corrected chi connectivity index (χ2v) is 20.2. The van der Waals surface area contributed by atoms with E-state index < -0.39 is 0 Å². The Hall–Kier alpha value is -6.04. The number of nitrogens with zero attached hydrogens (tertiary/aromatic N) is 4. The third kappa shape index (κ3) is 6.00. The Bertz CT molecular complexity index is 2500. The van der Waals surface area contributed by atoms with Gasteiger partial charge in [-0.15, -0.1) is 0 Å².